The molecule has 5 heteroatoms. The average Bonchev–Trinajstić information content (AvgIpc) is 2.15. The van der Waals surface area contributed by atoms with Crippen molar-refractivity contribution in [2.45, 2.75) is 11.8 Å². The molecule has 0 fully saturated rings. The molecule has 16 heavy (non-hydrogen) atoms. The standard InChI is InChI=1S/C11H10ClNO2S/c1-7-3-2-4-9-8(7)5-6-10(13)11(9)16(12,14)15/h2-6H,13H2,1H3. The number of hydrogen-bond acceptors (Lipinski definition) is 3. The fourth-order valence-corrected chi connectivity index (χ4v) is 3.08. The molecule has 0 saturated heterocycles. The van der Waals surface area contributed by atoms with E-state index in [1.165, 1.54) is 0 Å². The minimum Gasteiger partial charge on any atom is -0.398 e. The molecule has 3 nitrogen and oxygen atoms in total. The molecule has 0 bridgehead atoms. The summed E-state index contributed by atoms with van der Waals surface area (Å²) in [5.74, 6) is 0. The maximum absolute atomic E-state index is 11.5. The van der Waals surface area contributed by atoms with Crippen molar-refractivity contribution in [3.05, 3.63) is 35.9 Å². The molecule has 0 aliphatic carbocycles. The van der Waals surface area contributed by atoms with Crippen LogP contribution in [0.5, 0.6) is 0 Å². The predicted octanol–water partition coefficient (Wildman–Crippen LogP) is 2.66. The van der Waals surface area contributed by atoms with Crippen LogP contribution >= 0.6 is 10.7 Å². The monoisotopic (exact) mass is 255 g/mol. The van der Waals surface area contributed by atoms with E-state index in [9.17, 15) is 8.42 Å². The maximum Gasteiger partial charge on any atom is 0.263 e. The SMILES string of the molecule is Cc1cccc2c(S(=O)(=O)Cl)c(N)ccc12. The molecule has 0 radical (unpaired) electrons. The number of nitrogens with two attached hydrogens (primary N) is 1. The van der Waals surface area contributed by atoms with E-state index in [1.807, 2.05) is 13.0 Å². The Labute approximate surface area is 98.3 Å². The highest BCUT2D eigenvalue weighted by molar-refractivity contribution is 8.14. The second kappa shape index (κ2) is 3.64. The third-order valence-electron chi connectivity index (χ3n) is 2.50. The second-order valence-electron chi connectivity index (χ2n) is 3.59. The molecule has 0 aliphatic rings. The maximum atomic E-state index is 11.5. The lowest BCUT2D eigenvalue weighted by Crippen LogP contribution is -1.99. The van der Waals surface area contributed by atoms with Gasteiger partial charge in [-0.1, -0.05) is 24.3 Å². The van der Waals surface area contributed by atoms with Gasteiger partial charge in [-0.15, -0.1) is 0 Å². The summed E-state index contributed by atoms with van der Waals surface area (Å²) in [7, 11) is 1.56. The van der Waals surface area contributed by atoms with Gasteiger partial charge in [0.2, 0.25) is 0 Å². The Morgan fingerprint density at radius 2 is 1.81 bits per heavy atom. The molecule has 0 heterocycles. The molecule has 0 spiro atoms. The fraction of sp³-hybridized carbons (Fsp3) is 0.0909. The van der Waals surface area contributed by atoms with Crippen molar-refractivity contribution < 1.29 is 8.42 Å². The first-order valence-electron chi connectivity index (χ1n) is 4.64. The molecule has 2 N–H and O–H groups in total. The predicted molar refractivity (Wildman–Crippen MR) is 66.1 cm³/mol. The minimum absolute atomic E-state index is 0.00429. The van der Waals surface area contributed by atoms with Crippen LogP contribution in [0.4, 0.5) is 5.69 Å². The van der Waals surface area contributed by atoms with E-state index in [0.29, 0.717) is 5.39 Å². The molecule has 2 rings (SSSR count). The largest absolute Gasteiger partial charge is 0.398 e. The lowest BCUT2D eigenvalue weighted by molar-refractivity contribution is 0.610. The van der Waals surface area contributed by atoms with Gasteiger partial charge in [0.15, 0.2) is 0 Å². The van der Waals surface area contributed by atoms with Gasteiger partial charge in [0.25, 0.3) is 9.05 Å². The van der Waals surface area contributed by atoms with Gasteiger partial charge in [-0.25, -0.2) is 8.42 Å². The summed E-state index contributed by atoms with van der Waals surface area (Å²) >= 11 is 0. The van der Waals surface area contributed by atoms with Crippen molar-refractivity contribution >= 4 is 36.2 Å². The number of halogens is 1. The number of aryl methyl sites for hydroxylation is 1. The topological polar surface area (TPSA) is 60.2 Å². The van der Waals surface area contributed by atoms with E-state index in [-0.39, 0.29) is 10.6 Å². The number of anilines is 1. The first-order valence-corrected chi connectivity index (χ1v) is 6.94. The molecule has 0 aliphatic heterocycles. The van der Waals surface area contributed by atoms with Crippen molar-refractivity contribution in [1.29, 1.82) is 0 Å². The van der Waals surface area contributed by atoms with E-state index in [0.717, 1.165) is 10.9 Å². The highest BCUT2D eigenvalue weighted by Gasteiger charge is 2.18. The van der Waals surface area contributed by atoms with Crippen LogP contribution in [0.3, 0.4) is 0 Å². The van der Waals surface area contributed by atoms with Crippen molar-refractivity contribution in [2.75, 3.05) is 5.73 Å². The minimum atomic E-state index is -3.83. The van der Waals surface area contributed by atoms with Gasteiger partial charge >= 0.3 is 0 Å². The van der Waals surface area contributed by atoms with E-state index in [2.05, 4.69) is 0 Å². The first kappa shape index (κ1) is 11.2. The number of hydrogen-bond donors (Lipinski definition) is 1. The van der Waals surface area contributed by atoms with Crippen LogP contribution in [-0.2, 0) is 9.05 Å². The molecule has 0 atom stereocenters. The second-order valence-corrected chi connectivity index (χ2v) is 6.09. The van der Waals surface area contributed by atoms with Gasteiger partial charge < -0.3 is 5.73 Å². The quantitative estimate of drug-likeness (QED) is 0.630. The Hall–Kier alpha value is -1.26. The van der Waals surface area contributed by atoms with Crippen LogP contribution in [0.25, 0.3) is 10.8 Å². The zero-order valence-electron chi connectivity index (χ0n) is 8.57. The molecule has 0 aromatic heterocycles. The van der Waals surface area contributed by atoms with Crippen LogP contribution in [0.1, 0.15) is 5.56 Å². The summed E-state index contributed by atoms with van der Waals surface area (Å²) < 4.78 is 22.9. The number of fused-ring (bicyclic) bond motifs is 1. The highest BCUT2D eigenvalue weighted by Crippen LogP contribution is 2.32. The Morgan fingerprint density at radius 3 is 2.44 bits per heavy atom. The third-order valence-corrected chi connectivity index (χ3v) is 3.91. The fourth-order valence-electron chi connectivity index (χ4n) is 1.78. The molecule has 2 aromatic rings. The summed E-state index contributed by atoms with van der Waals surface area (Å²) in [6.07, 6.45) is 0. The first-order chi connectivity index (χ1) is 7.41. The molecule has 2 aromatic carbocycles. The summed E-state index contributed by atoms with van der Waals surface area (Å²) in [5.41, 5.74) is 6.82. The van der Waals surface area contributed by atoms with Crippen LogP contribution in [0.2, 0.25) is 0 Å². The van der Waals surface area contributed by atoms with Crippen LogP contribution in [-0.4, -0.2) is 8.42 Å². The Morgan fingerprint density at radius 1 is 1.12 bits per heavy atom. The highest BCUT2D eigenvalue weighted by atomic mass is 35.7. The van der Waals surface area contributed by atoms with Gasteiger partial charge in [-0.05, 0) is 23.9 Å². The summed E-state index contributed by atoms with van der Waals surface area (Å²) in [5, 5.41) is 1.41. The average molecular weight is 256 g/mol. The Balaban J connectivity index is 3.03. The van der Waals surface area contributed by atoms with Crippen molar-refractivity contribution in [1.82, 2.24) is 0 Å². The summed E-state index contributed by atoms with van der Waals surface area (Å²) in [6.45, 7) is 1.91. The molecular formula is C11H10ClNO2S. The van der Waals surface area contributed by atoms with E-state index in [1.54, 1.807) is 24.3 Å². The van der Waals surface area contributed by atoms with Gasteiger partial charge in [0.05, 0.1) is 5.69 Å². The lowest BCUT2D eigenvalue weighted by atomic mass is 10.1. The molecule has 84 valence electrons. The van der Waals surface area contributed by atoms with Crippen LogP contribution in [0.15, 0.2) is 35.2 Å². The number of rotatable bonds is 1. The Kier molecular flexibility index (Phi) is 2.56. The third kappa shape index (κ3) is 1.74. The van der Waals surface area contributed by atoms with Crippen LogP contribution < -0.4 is 5.73 Å². The van der Waals surface area contributed by atoms with Crippen molar-refractivity contribution in [3.8, 4) is 0 Å². The number of benzene rings is 2. The van der Waals surface area contributed by atoms with E-state index >= 15 is 0 Å². The molecule has 0 amide bonds. The summed E-state index contributed by atoms with van der Waals surface area (Å²) in [4.78, 5) is -0.00429. The molecular weight excluding hydrogens is 246 g/mol. The molecule has 0 saturated carbocycles. The van der Waals surface area contributed by atoms with E-state index < -0.39 is 9.05 Å². The molecule has 0 unspecified atom stereocenters. The normalized spacial score (nSPS) is 11.9. The lowest BCUT2D eigenvalue weighted by Gasteiger charge is -2.08. The van der Waals surface area contributed by atoms with E-state index in [4.69, 9.17) is 16.4 Å². The van der Waals surface area contributed by atoms with Gasteiger partial charge in [0.1, 0.15) is 4.90 Å². The zero-order chi connectivity index (χ0) is 11.9. The van der Waals surface area contributed by atoms with Crippen molar-refractivity contribution in [2.24, 2.45) is 0 Å². The van der Waals surface area contributed by atoms with Crippen molar-refractivity contribution in [3.63, 3.8) is 0 Å². The number of nitrogen functional groups attached to an aromatic ring is 1. The van der Waals surface area contributed by atoms with Gasteiger partial charge in [-0.3, -0.25) is 0 Å². The smallest absolute Gasteiger partial charge is 0.263 e. The Bertz CT molecular complexity index is 665. The summed E-state index contributed by atoms with van der Waals surface area (Å²) in [6, 6.07) is 8.75. The van der Waals surface area contributed by atoms with Crippen LogP contribution in [0, 0.1) is 6.92 Å². The van der Waals surface area contributed by atoms with Gasteiger partial charge in [0, 0.05) is 16.1 Å². The van der Waals surface area contributed by atoms with Gasteiger partial charge in [-0.2, -0.15) is 0 Å². The zero-order valence-corrected chi connectivity index (χ0v) is 10.1.